The van der Waals surface area contributed by atoms with Gasteiger partial charge in [-0.15, -0.1) is 0 Å². The topological polar surface area (TPSA) is 60.9 Å². The first-order valence-corrected chi connectivity index (χ1v) is 12.5. The summed E-state index contributed by atoms with van der Waals surface area (Å²) in [5, 5.41) is 0. The number of para-hydroxylation sites is 1. The van der Waals surface area contributed by atoms with Crippen molar-refractivity contribution in [3.63, 3.8) is 0 Å². The predicted molar refractivity (Wildman–Crippen MR) is 119 cm³/mol. The molecule has 172 valence electrons. The lowest BCUT2D eigenvalue weighted by molar-refractivity contribution is -0.137. The van der Waals surface area contributed by atoms with E-state index in [-0.39, 0.29) is 42.0 Å². The Morgan fingerprint density at radius 1 is 0.844 bits per heavy atom. The van der Waals surface area contributed by atoms with E-state index in [9.17, 15) is 22.0 Å². The summed E-state index contributed by atoms with van der Waals surface area (Å²) < 4.78 is 54.7. The lowest BCUT2D eigenvalue weighted by Gasteiger charge is -2.39. The Hall–Kier alpha value is -2.52. The first kappa shape index (κ1) is 22.7. The number of amides is 1. The Bertz CT molecular complexity index is 1060. The summed E-state index contributed by atoms with van der Waals surface area (Å²) in [6.45, 7) is 2.65. The Balaban J connectivity index is 1.29. The van der Waals surface area contributed by atoms with Crippen LogP contribution in [0.25, 0.3) is 0 Å². The minimum atomic E-state index is -3.65. The molecule has 1 amide bonds. The van der Waals surface area contributed by atoms with Crippen molar-refractivity contribution in [3.8, 4) is 0 Å². The standard InChI is InChI=1S/C23H27F2N3O3S/c24-20-6-2-1-5-19(20)17-32(30,31)28-11-9-18(10-12-28)23(29)27-15-13-26(14-16-27)22-8-4-3-7-21(22)25/h1-8,18H,9-17H2. The first-order chi connectivity index (χ1) is 15.3. The number of sulfonamides is 1. The van der Waals surface area contributed by atoms with Gasteiger partial charge in [0, 0.05) is 50.7 Å². The van der Waals surface area contributed by atoms with Gasteiger partial charge in [-0.05, 0) is 31.0 Å². The third-order valence-corrected chi connectivity index (χ3v) is 8.10. The molecule has 0 N–H and O–H groups in total. The van der Waals surface area contributed by atoms with Crippen molar-refractivity contribution < 1.29 is 22.0 Å². The van der Waals surface area contributed by atoms with Crippen molar-refractivity contribution in [1.29, 1.82) is 0 Å². The summed E-state index contributed by atoms with van der Waals surface area (Å²) in [4.78, 5) is 16.7. The number of nitrogens with zero attached hydrogens (tertiary/aromatic N) is 3. The number of benzene rings is 2. The van der Waals surface area contributed by atoms with Crippen molar-refractivity contribution >= 4 is 21.6 Å². The molecule has 0 atom stereocenters. The first-order valence-electron chi connectivity index (χ1n) is 10.8. The SMILES string of the molecule is O=C(C1CCN(S(=O)(=O)Cc2ccccc2F)CC1)N1CCN(c2ccccc2F)CC1. The second kappa shape index (κ2) is 9.54. The Morgan fingerprint density at radius 3 is 2.06 bits per heavy atom. The molecule has 0 saturated carbocycles. The van der Waals surface area contributed by atoms with E-state index in [1.54, 1.807) is 29.2 Å². The third kappa shape index (κ3) is 4.94. The van der Waals surface area contributed by atoms with Gasteiger partial charge in [0.05, 0.1) is 11.4 Å². The average molecular weight is 464 g/mol. The molecule has 2 saturated heterocycles. The maximum Gasteiger partial charge on any atom is 0.225 e. The van der Waals surface area contributed by atoms with Gasteiger partial charge >= 0.3 is 0 Å². The van der Waals surface area contributed by atoms with Crippen LogP contribution in [0.5, 0.6) is 0 Å². The number of piperidine rings is 1. The number of carbonyl (C=O) groups is 1. The Kier molecular flexibility index (Phi) is 6.76. The monoisotopic (exact) mass is 463 g/mol. The molecular formula is C23H27F2N3O3S. The van der Waals surface area contributed by atoms with Gasteiger partial charge < -0.3 is 9.80 Å². The normalized spacial score (nSPS) is 18.7. The highest BCUT2D eigenvalue weighted by atomic mass is 32.2. The molecule has 2 aliphatic heterocycles. The maximum absolute atomic E-state index is 14.0. The highest BCUT2D eigenvalue weighted by Gasteiger charge is 2.34. The molecule has 2 aromatic rings. The van der Waals surface area contributed by atoms with Crippen LogP contribution in [-0.4, -0.2) is 62.8 Å². The molecule has 0 radical (unpaired) electrons. The number of halogens is 2. The fourth-order valence-electron chi connectivity index (χ4n) is 4.42. The van der Waals surface area contributed by atoms with Crippen molar-refractivity contribution in [2.75, 3.05) is 44.2 Å². The van der Waals surface area contributed by atoms with E-state index < -0.39 is 15.8 Å². The Labute approximate surface area is 187 Å². The molecule has 0 bridgehead atoms. The minimum Gasteiger partial charge on any atom is -0.366 e. The van der Waals surface area contributed by atoms with Crippen LogP contribution in [0.2, 0.25) is 0 Å². The molecule has 0 aromatic heterocycles. The predicted octanol–water partition coefficient (Wildman–Crippen LogP) is 2.86. The summed E-state index contributed by atoms with van der Waals surface area (Å²) in [6, 6.07) is 12.5. The van der Waals surface area contributed by atoms with Gasteiger partial charge in [0.25, 0.3) is 0 Å². The van der Waals surface area contributed by atoms with E-state index >= 15 is 0 Å². The molecule has 0 aliphatic carbocycles. The van der Waals surface area contributed by atoms with Crippen LogP contribution < -0.4 is 4.90 Å². The van der Waals surface area contributed by atoms with Crippen LogP contribution in [0.3, 0.4) is 0 Å². The molecule has 2 aliphatic rings. The van der Waals surface area contributed by atoms with E-state index in [1.807, 2.05) is 4.90 Å². The zero-order chi connectivity index (χ0) is 22.7. The molecule has 6 nitrogen and oxygen atoms in total. The minimum absolute atomic E-state index is 0.0318. The number of anilines is 1. The van der Waals surface area contributed by atoms with E-state index in [0.29, 0.717) is 44.7 Å². The van der Waals surface area contributed by atoms with Gasteiger partial charge in [0.2, 0.25) is 15.9 Å². The molecule has 0 spiro atoms. The molecular weight excluding hydrogens is 436 g/mol. The van der Waals surface area contributed by atoms with Crippen molar-refractivity contribution in [2.45, 2.75) is 18.6 Å². The zero-order valence-corrected chi connectivity index (χ0v) is 18.6. The van der Waals surface area contributed by atoms with Gasteiger partial charge in [-0.1, -0.05) is 30.3 Å². The van der Waals surface area contributed by atoms with Gasteiger partial charge in [-0.3, -0.25) is 4.79 Å². The number of rotatable bonds is 5. The molecule has 2 heterocycles. The van der Waals surface area contributed by atoms with E-state index in [2.05, 4.69) is 0 Å². The molecule has 0 unspecified atom stereocenters. The number of hydrogen-bond donors (Lipinski definition) is 0. The van der Waals surface area contributed by atoms with Crippen LogP contribution in [0.1, 0.15) is 18.4 Å². The molecule has 2 fully saturated rings. The smallest absolute Gasteiger partial charge is 0.225 e. The van der Waals surface area contributed by atoms with Crippen LogP contribution in [0.15, 0.2) is 48.5 Å². The molecule has 32 heavy (non-hydrogen) atoms. The van der Waals surface area contributed by atoms with Crippen LogP contribution in [0.4, 0.5) is 14.5 Å². The summed E-state index contributed by atoms with van der Waals surface area (Å²) in [7, 11) is -3.65. The van der Waals surface area contributed by atoms with E-state index in [0.717, 1.165) is 0 Å². The summed E-state index contributed by atoms with van der Waals surface area (Å²) in [5.41, 5.74) is 0.700. The molecule has 9 heteroatoms. The van der Waals surface area contributed by atoms with Crippen LogP contribution in [-0.2, 0) is 20.6 Å². The van der Waals surface area contributed by atoms with Crippen LogP contribution in [0, 0.1) is 17.6 Å². The fourth-order valence-corrected chi connectivity index (χ4v) is 6.00. The van der Waals surface area contributed by atoms with Crippen LogP contribution >= 0.6 is 0 Å². The number of piperazine rings is 1. The lowest BCUT2D eigenvalue weighted by Crippen LogP contribution is -2.52. The van der Waals surface area contributed by atoms with Crippen molar-refractivity contribution in [1.82, 2.24) is 9.21 Å². The number of carbonyl (C=O) groups excluding carboxylic acids is 1. The van der Waals surface area contributed by atoms with Gasteiger partial charge in [0.1, 0.15) is 11.6 Å². The Morgan fingerprint density at radius 2 is 1.44 bits per heavy atom. The van der Waals surface area contributed by atoms with Crippen molar-refractivity contribution in [3.05, 3.63) is 65.7 Å². The second-order valence-corrected chi connectivity index (χ2v) is 10.3. The molecule has 2 aromatic carbocycles. The molecule has 4 rings (SSSR count). The fraction of sp³-hybridized carbons (Fsp3) is 0.435. The maximum atomic E-state index is 14.0. The van der Waals surface area contributed by atoms with E-state index in [4.69, 9.17) is 0 Å². The summed E-state index contributed by atoms with van der Waals surface area (Å²) >= 11 is 0. The van der Waals surface area contributed by atoms with Crippen molar-refractivity contribution in [2.24, 2.45) is 5.92 Å². The zero-order valence-electron chi connectivity index (χ0n) is 17.8. The summed E-state index contributed by atoms with van der Waals surface area (Å²) in [5.74, 6) is -1.37. The van der Waals surface area contributed by atoms with E-state index in [1.165, 1.54) is 28.6 Å². The quantitative estimate of drug-likeness (QED) is 0.684. The largest absolute Gasteiger partial charge is 0.366 e. The average Bonchev–Trinajstić information content (AvgIpc) is 2.81. The summed E-state index contributed by atoms with van der Waals surface area (Å²) in [6.07, 6.45) is 0.895. The number of hydrogen-bond acceptors (Lipinski definition) is 4. The van der Waals surface area contributed by atoms with Gasteiger partial charge in [-0.25, -0.2) is 21.5 Å². The highest BCUT2D eigenvalue weighted by molar-refractivity contribution is 7.88. The third-order valence-electron chi connectivity index (χ3n) is 6.28. The van der Waals surface area contributed by atoms with Gasteiger partial charge in [0.15, 0.2) is 0 Å². The highest BCUT2D eigenvalue weighted by Crippen LogP contribution is 2.26. The lowest BCUT2D eigenvalue weighted by atomic mass is 9.96. The second-order valence-electron chi connectivity index (χ2n) is 8.28. The van der Waals surface area contributed by atoms with Gasteiger partial charge in [-0.2, -0.15) is 0 Å².